The van der Waals surface area contributed by atoms with Gasteiger partial charge in [0.25, 0.3) is 0 Å². The van der Waals surface area contributed by atoms with Crippen LogP contribution in [0.2, 0.25) is 0 Å². The highest BCUT2D eigenvalue weighted by atomic mass is 16.1. The zero-order chi connectivity index (χ0) is 12.8. The Hall–Kier alpha value is -1.35. The highest BCUT2D eigenvalue weighted by Gasteiger charge is 2.11. The Morgan fingerprint density at radius 3 is 2.29 bits per heavy atom. The van der Waals surface area contributed by atoms with Gasteiger partial charge in [-0.25, -0.2) is 0 Å². The van der Waals surface area contributed by atoms with Crippen LogP contribution in [0.15, 0.2) is 24.3 Å². The molecule has 0 fully saturated rings. The fourth-order valence-corrected chi connectivity index (χ4v) is 1.60. The lowest BCUT2D eigenvalue weighted by atomic mass is 10.0. The number of amides is 1. The van der Waals surface area contributed by atoms with E-state index in [1.807, 2.05) is 31.2 Å². The molecule has 0 bridgehead atoms. The summed E-state index contributed by atoms with van der Waals surface area (Å²) >= 11 is 0. The first-order valence-electron chi connectivity index (χ1n) is 6.15. The van der Waals surface area contributed by atoms with Crippen LogP contribution >= 0.6 is 0 Å². The third-order valence-corrected chi connectivity index (χ3v) is 2.89. The molecular formula is C14H22N2O. The maximum atomic E-state index is 11.8. The smallest absolute Gasteiger partial charge is 0.227 e. The predicted octanol–water partition coefficient (Wildman–Crippen LogP) is 2.73. The SMILES string of the molecule is CC(CCN)C(=O)Nc1ccc(C(C)C)cc1. The molecule has 0 aliphatic rings. The van der Waals surface area contributed by atoms with Crippen molar-refractivity contribution in [2.24, 2.45) is 11.7 Å². The van der Waals surface area contributed by atoms with E-state index in [0.29, 0.717) is 12.5 Å². The topological polar surface area (TPSA) is 55.1 Å². The van der Waals surface area contributed by atoms with Crippen molar-refractivity contribution in [1.29, 1.82) is 0 Å². The van der Waals surface area contributed by atoms with Gasteiger partial charge in [0, 0.05) is 11.6 Å². The van der Waals surface area contributed by atoms with Crippen molar-refractivity contribution in [3.05, 3.63) is 29.8 Å². The maximum absolute atomic E-state index is 11.8. The lowest BCUT2D eigenvalue weighted by molar-refractivity contribution is -0.119. The number of carbonyl (C=O) groups excluding carboxylic acids is 1. The number of hydrogen-bond acceptors (Lipinski definition) is 2. The molecule has 0 saturated carbocycles. The molecule has 0 aromatic heterocycles. The largest absolute Gasteiger partial charge is 0.330 e. The van der Waals surface area contributed by atoms with Crippen molar-refractivity contribution < 1.29 is 4.79 Å². The minimum atomic E-state index is -0.0372. The molecule has 1 unspecified atom stereocenters. The molecule has 1 aromatic rings. The van der Waals surface area contributed by atoms with Crippen LogP contribution in [0.4, 0.5) is 5.69 Å². The molecule has 94 valence electrons. The Bertz CT molecular complexity index is 357. The van der Waals surface area contributed by atoms with Crippen LogP contribution in [0.5, 0.6) is 0 Å². The van der Waals surface area contributed by atoms with Crippen LogP contribution in [0.25, 0.3) is 0 Å². The van der Waals surface area contributed by atoms with E-state index in [4.69, 9.17) is 5.73 Å². The van der Waals surface area contributed by atoms with Gasteiger partial charge in [-0.05, 0) is 36.6 Å². The van der Waals surface area contributed by atoms with Crippen LogP contribution in [-0.4, -0.2) is 12.5 Å². The molecule has 3 N–H and O–H groups in total. The second-order valence-electron chi connectivity index (χ2n) is 4.74. The summed E-state index contributed by atoms with van der Waals surface area (Å²) in [4.78, 5) is 11.8. The van der Waals surface area contributed by atoms with Gasteiger partial charge in [0.05, 0.1) is 0 Å². The Labute approximate surface area is 103 Å². The highest BCUT2D eigenvalue weighted by molar-refractivity contribution is 5.92. The van der Waals surface area contributed by atoms with Crippen LogP contribution in [0.3, 0.4) is 0 Å². The molecule has 1 atom stereocenters. The summed E-state index contributed by atoms with van der Waals surface area (Å²) in [7, 11) is 0. The Morgan fingerprint density at radius 2 is 1.82 bits per heavy atom. The third-order valence-electron chi connectivity index (χ3n) is 2.89. The minimum Gasteiger partial charge on any atom is -0.330 e. The lowest BCUT2D eigenvalue weighted by Gasteiger charge is -2.12. The van der Waals surface area contributed by atoms with Crippen LogP contribution in [0.1, 0.15) is 38.7 Å². The number of rotatable bonds is 5. The van der Waals surface area contributed by atoms with Crippen LogP contribution in [-0.2, 0) is 4.79 Å². The van der Waals surface area contributed by atoms with Gasteiger partial charge >= 0.3 is 0 Å². The first-order valence-corrected chi connectivity index (χ1v) is 6.15. The second-order valence-corrected chi connectivity index (χ2v) is 4.74. The fourth-order valence-electron chi connectivity index (χ4n) is 1.60. The van der Waals surface area contributed by atoms with Crippen molar-refractivity contribution in [2.45, 2.75) is 33.1 Å². The molecule has 0 radical (unpaired) electrons. The lowest BCUT2D eigenvalue weighted by Crippen LogP contribution is -2.22. The van der Waals surface area contributed by atoms with E-state index in [0.717, 1.165) is 12.1 Å². The van der Waals surface area contributed by atoms with E-state index >= 15 is 0 Å². The molecule has 3 heteroatoms. The first kappa shape index (κ1) is 13.7. The second kappa shape index (κ2) is 6.40. The van der Waals surface area contributed by atoms with Gasteiger partial charge in [-0.2, -0.15) is 0 Å². The molecule has 0 heterocycles. The average molecular weight is 234 g/mol. The normalized spacial score (nSPS) is 12.5. The maximum Gasteiger partial charge on any atom is 0.227 e. The number of anilines is 1. The molecule has 3 nitrogen and oxygen atoms in total. The third kappa shape index (κ3) is 4.19. The van der Waals surface area contributed by atoms with Crippen LogP contribution in [0, 0.1) is 5.92 Å². The molecule has 1 rings (SSSR count). The van der Waals surface area contributed by atoms with Crippen molar-refractivity contribution in [2.75, 3.05) is 11.9 Å². The molecule has 1 aromatic carbocycles. The van der Waals surface area contributed by atoms with Gasteiger partial charge in [-0.3, -0.25) is 4.79 Å². The Kier molecular flexibility index (Phi) is 5.16. The Morgan fingerprint density at radius 1 is 1.24 bits per heavy atom. The van der Waals surface area contributed by atoms with E-state index in [2.05, 4.69) is 19.2 Å². The van der Waals surface area contributed by atoms with E-state index in [1.165, 1.54) is 5.56 Å². The number of hydrogen-bond donors (Lipinski definition) is 2. The quantitative estimate of drug-likeness (QED) is 0.823. The monoisotopic (exact) mass is 234 g/mol. The van der Waals surface area contributed by atoms with E-state index < -0.39 is 0 Å². The summed E-state index contributed by atoms with van der Waals surface area (Å²) in [6.45, 7) is 6.74. The van der Waals surface area contributed by atoms with Gasteiger partial charge in [0.2, 0.25) is 5.91 Å². The van der Waals surface area contributed by atoms with E-state index in [1.54, 1.807) is 0 Å². The number of carbonyl (C=O) groups is 1. The summed E-state index contributed by atoms with van der Waals surface area (Å²) in [6.07, 6.45) is 0.718. The zero-order valence-electron chi connectivity index (χ0n) is 10.9. The summed E-state index contributed by atoms with van der Waals surface area (Å²) in [6, 6.07) is 7.99. The molecule has 0 saturated heterocycles. The van der Waals surface area contributed by atoms with Gasteiger partial charge in [0.1, 0.15) is 0 Å². The Balaban J connectivity index is 2.60. The van der Waals surface area contributed by atoms with Gasteiger partial charge in [-0.15, -0.1) is 0 Å². The fraction of sp³-hybridized carbons (Fsp3) is 0.500. The van der Waals surface area contributed by atoms with Crippen molar-refractivity contribution in [1.82, 2.24) is 0 Å². The van der Waals surface area contributed by atoms with Gasteiger partial charge in [0.15, 0.2) is 0 Å². The highest BCUT2D eigenvalue weighted by Crippen LogP contribution is 2.17. The van der Waals surface area contributed by atoms with Crippen molar-refractivity contribution in [3.63, 3.8) is 0 Å². The molecule has 1 amide bonds. The summed E-state index contributed by atoms with van der Waals surface area (Å²) in [5.41, 5.74) is 7.56. The molecular weight excluding hydrogens is 212 g/mol. The molecule has 0 aliphatic carbocycles. The first-order chi connectivity index (χ1) is 8.04. The summed E-state index contributed by atoms with van der Waals surface area (Å²) in [5.74, 6) is 0.508. The molecule has 0 aliphatic heterocycles. The van der Waals surface area contributed by atoms with Crippen molar-refractivity contribution in [3.8, 4) is 0 Å². The summed E-state index contributed by atoms with van der Waals surface area (Å²) < 4.78 is 0. The van der Waals surface area contributed by atoms with Crippen molar-refractivity contribution >= 4 is 11.6 Å². The molecule has 0 spiro atoms. The zero-order valence-corrected chi connectivity index (χ0v) is 10.9. The number of nitrogens with one attached hydrogen (secondary N) is 1. The van der Waals surface area contributed by atoms with Crippen LogP contribution < -0.4 is 11.1 Å². The predicted molar refractivity (Wildman–Crippen MR) is 72.0 cm³/mol. The summed E-state index contributed by atoms with van der Waals surface area (Å²) in [5, 5.41) is 2.90. The number of benzene rings is 1. The average Bonchev–Trinajstić information content (AvgIpc) is 2.30. The molecule has 17 heavy (non-hydrogen) atoms. The standard InChI is InChI=1S/C14H22N2O/c1-10(2)12-4-6-13(7-5-12)16-14(17)11(3)8-9-15/h4-7,10-11H,8-9,15H2,1-3H3,(H,16,17). The van der Waals surface area contributed by atoms with E-state index in [-0.39, 0.29) is 11.8 Å². The van der Waals surface area contributed by atoms with Gasteiger partial charge in [-0.1, -0.05) is 32.9 Å². The van der Waals surface area contributed by atoms with E-state index in [9.17, 15) is 4.79 Å². The number of nitrogens with two attached hydrogens (primary N) is 1. The van der Waals surface area contributed by atoms with Gasteiger partial charge < -0.3 is 11.1 Å². The minimum absolute atomic E-state index is 0.0350.